The third-order valence-corrected chi connectivity index (χ3v) is 4.65. The molecule has 0 aromatic heterocycles. The molecule has 0 atom stereocenters. The van der Waals surface area contributed by atoms with Crippen LogP contribution < -0.4 is 19.6 Å². The summed E-state index contributed by atoms with van der Waals surface area (Å²) < 4.78 is 17.0. The van der Waals surface area contributed by atoms with E-state index in [0.29, 0.717) is 22.6 Å². The average molecular weight is 469 g/mol. The number of hydrogen-bond acceptors (Lipinski definition) is 5. The predicted molar refractivity (Wildman–Crippen MR) is 119 cm³/mol. The fourth-order valence-corrected chi connectivity index (χ4v) is 2.94. The largest absolute Gasteiger partial charge is 0.497 e. The van der Waals surface area contributed by atoms with Gasteiger partial charge in [0, 0.05) is 0 Å². The van der Waals surface area contributed by atoms with Crippen molar-refractivity contribution in [2.24, 2.45) is 5.10 Å². The molecule has 3 aromatic rings. The number of hydrogen-bond donors (Lipinski definition) is 1. The highest BCUT2D eigenvalue weighted by atomic mass is 79.9. The summed E-state index contributed by atoms with van der Waals surface area (Å²) in [5, 5.41) is 3.95. The number of benzene rings is 3. The number of amides is 1. The molecule has 30 heavy (non-hydrogen) atoms. The minimum absolute atomic E-state index is 0.158. The Morgan fingerprint density at radius 2 is 1.73 bits per heavy atom. The van der Waals surface area contributed by atoms with Gasteiger partial charge in [-0.05, 0) is 69.5 Å². The van der Waals surface area contributed by atoms with E-state index in [0.717, 1.165) is 16.9 Å². The lowest BCUT2D eigenvalue weighted by Crippen LogP contribution is -2.24. The minimum atomic E-state index is -0.364. The van der Waals surface area contributed by atoms with Crippen molar-refractivity contribution in [3.8, 4) is 17.2 Å². The molecule has 154 valence electrons. The SMILES string of the molecule is COc1ccc(OCC(=O)NN=Cc2ccc(OCc3ccccc3)cc2)c(Br)c1. The van der Waals surface area contributed by atoms with Crippen molar-refractivity contribution in [1.29, 1.82) is 0 Å². The minimum Gasteiger partial charge on any atom is -0.497 e. The number of carbonyl (C=O) groups excluding carboxylic acids is 1. The fourth-order valence-electron chi connectivity index (χ4n) is 2.47. The van der Waals surface area contributed by atoms with E-state index < -0.39 is 0 Å². The quantitative estimate of drug-likeness (QED) is 0.369. The van der Waals surface area contributed by atoms with E-state index in [1.165, 1.54) is 0 Å². The van der Waals surface area contributed by atoms with E-state index in [9.17, 15) is 4.79 Å². The van der Waals surface area contributed by atoms with Gasteiger partial charge in [0.2, 0.25) is 0 Å². The second kappa shape index (κ2) is 11.0. The van der Waals surface area contributed by atoms with Crippen molar-refractivity contribution in [3.63, 3.8) is 0 Å². The van der Waals surface area contributed by atoms with E-state index in [-0.39, 0.29) is 12.5 Å². The summed E-state index contributed by atoms with van der Waals surface area (Å²) in [5.74, 6) is 1.64. The molecule has 7 heteroatoms. The maximum atomic E-state index is 11.9. The molecule has 3 rings (SSSR count). The molecule has 0 radical (unpaired) electrons. The Morgan fingerprint density at radius 3 is 2.43 bits per heavy atom. The maximum Gasteiger partial charge on any atom is 0.277 e. The van der Waals surface area contributed by atoms with Gasteiger partial charge in [0.1, 0.15) is 23.9 Å². The molecule has 0 saturated carbocycles. The highest BCUT2D eigenvalue weighted by Crippen LogP contribution is 2.28. The monoisotopic (exact) mass is 468 g/mol. The van der Waals surface area contributed by atoms with Crippen LogP contribution in [0, 0.1) is 0 Å². The molecule has 0 aliphatic rings. The third kappa shape index (κ3) is 6.63. The van der Waals surface area contributed by atoms with Gasteiger partial charge >= 0.3 is 0 Å². The van der Waals surface area contributed by atoms with Crippen LogP contribution in [-0.4, -0.2) is 25.8 Å². The van der Waals surface area contributed by atoms with Gasteiger partial charge in [-0.1, -0.05) is 30.3 Å². The highest BCUT2D eigenvalue weighted by molar-refractivity contribution is 9.10. The average Bonchev–Trinajstić information content (AvgIpc) is 2.78. The number of ether oxygens (including phenoxy) is 3. The van der Waals surface area contributed by atoms with Crippen LogP contribution in [0.2, 0.25) is 0 Å². The Morgan fingerprint density at radius 1 is 1.00 bits per heavy atom. The van der Waals surface area contributed by atoms with Crippen molar-refractivity contribution in [2.75, 3.05) is 13.7 Å². The lowest BCUT2D eigenvalue weighted by atomic mass is 10.2. The number of carbonyl (C=O) groups is 1. The lowest BCUT2D eigenvalue weighted by Gasteiger charge is -2.08. The normalized spacial score (nSPS) is 10.6. The second-order valence-corrected chi connectivity index (χ2v) is 7.08. The number of rotatable bonds is 9. The first kappa shape index (κ1) is 21.4. The summed E-state index contributed by atoms with van der Waals surface area (Å²) in [6, 6.07) is 22.6. The first-order valence-corrected chi connectivity index (χ1v) is 9.98. The molecule has 3 aromatic carbocycles. The molecule has 1 amide bonds. The molecular weight excluding hydrogens is 448 g/mol. The molecule has 0 aliphatic heterocycles. The Kier molecular flexibility index (Phi) is 7.86. The highest BCUT2D eigenvalue weighted by Gasteiger charge is 2.06. The molecule has 0 unspecified atom stereocenters. The molecule has 0 saturated heterocycles. The Balaban J connectivity index is 1.42. The summed E-state index contributed by atoms with van der Waals surface area (Å²) in [4.78, 5) is 11.9. The number of nitrogens with zero attached hydrogens (tertiary/aromatic N) is 1. The molecule has 6 nitrogen and oxygen atoms in total. The second-order valence-electron chi connectivity index (χ2n) is 6.22. The van der Waals surface area contributed by atoms with Crippen LogP contribution >= 0.6 is 15.9 Å². The van der Waals surface area contributed by atoms with Gasteiger partial charge in [-0.2, -0.15) is 5.10 Å². The summed E-state index contributed by atoms with van der Waals surface area (Å²) in [6.07, 6.45) is 1.56. The summed E-state index contributed by atoms with van der Waals surface area (Å²) in [5.41, 5.74) is 4.38. The first-order chi connectivity index (χ1) is 14.6. The van der Waals surface area contributed by atoms with E-state index in [1.807, 2.05) is 54.6 Å². The van der Waals surface area contributed by atoms with Crippen molar-refractivity contribution >= 4 is 28.1 Å². The van der Waals surface area contributed by atoms with E-state index in [1.54, 1.807) is 31.5 Å². The molecule has 0 spiro atoms. The number of hydrazone groups is 1. The fraction of sp³-hybridized carbons (Fsp3) is 0.130. The van der Waals surface area contributed by atoms with Gasteiger partial charge in [-0.3, -0.25) is 4.79 Å². The third-order valence-electron chi connectivity index (χ3n) is 4.03. The smallest absolute Gasteiger partial charge is 0.277 e. The van der Waals surface area contributed by atoms with Crippen molar-refractivity contribution < 1.29 is 19.0 Å². The molecule has 0 aliphatic carbocycles. The molecule has 0 fully saturated rings. The van der Waals surface area contributed by atoms with Gasteiger partial charge in [0.25, 0.3) is 5.91 Å². The Bertz CT molecular complexity index is 992. The van der Waals surface area contributed by atoms with Gasteiger partial charge in [-0.25, -0.2) is 5.43 Å². The number of halogens is 1. The summed E-state index contributed by atoms with van der Waals surface area (Å²) in [7, 11) is 1.58. The van der Waals surface area contributed by atoms with Crippen molar-refractivity contribution in [2.45, 2.75) is 6.61 Å². The van der Waals surface area contributed by atoms with E-state index in [4.69, 9.17) is 14.2 Å². The van der Waals surface area contributed by atoms with Crippen LogP contribution in [0.25, 0.3) is 0 Å². The number of nitrogens with one attached hydrogen (secondary N) is 1. The topological polar surface area (TPSA) is 69.2 Å². The van der Waals surface area contributed by atoms with Crippen LogP contribution in [0.3, 0.4) is 0 Å². The standard InChI is InChI=1S/C23H21BrN2O4/c1-28-20-11-12-22(21(24)13-20)30-16-23(27)26-25-14-17-7-9-19(10-8-17)29-15-18-5-3-2-4-6-18/h2-14H,15-16H2,1H3,(H,26,27). The van der Waals surface area contributed by atoms with Gasteiger partial charge < -0.3 is 14.2 Å². The van der Waals surface area contributed by atoms with Crippen LogP contribution in [0.4, 0.5) is 0 Å². The summed E-state index contributed by atoms with van der Waals surface area (Å²) >= 11 is 3.37. The number of methoxy groups -OCH3 is 1. The van der Waals surface area contributed by atoms with Gasteiger partial charge in [0.05, 0.1) is 17.8 Å². The van der Waals surface area contributed by atoms with Crippen LogP contribution in [0.5, 0.6) is 17.2 Å². The first-order valence-electron chi connectivity index (χ1n) is 9.19. The van der Waals surface area contributed by atoms with E-state index >= 15 is 0 Å². The zero-order valence-electron chi connectivity index (χ0n) is 16.4. The molecule has 0 bridgehead atoms. The molecular formula is C23H21BrN2O4. The van der Waals surface area contributed by atoms with Crippen molar-refractivity contribution in [1.82, 2.24) is 5.43 Å². The zero-order chi connectivity index (χ0) is 21.2. The molecule has 1 N–H and O–H groups in total. The lowest BCUT2D eigenvalue weighted by molar-refractivity contribution is -0.123. The van der Waals surface area contributed by atoms with Gasteiger partial charge in [-0.15, -0.1) is 0 Å². The van der Waals surface area contributed by atoms with E-state index in [2.05, 4.69) is 26.5 Å². The zero-order valence-corrected chi connectivity index (χ0v) is 18.0. The van der Waals surface area contributed by atoms with Crippen LogP contribution in [0.15, 0.2) is 82.4 Å². The van der Waals surface area contributed by atoms with Gasteiger partial charge in [0.15, 0.2) is 6.61 Å². The van der Waals surface area contributed by atoms with Crippen LogP contribution in [0.1, 0.15) is 11.1 Å². The van der Waals surface area contributed by atoms with Crippen LogP contribution in [-0.2, 0) is 11.4 Å². The Hall–Kier alpha value is -3.32. The maximum absolute atomic E-state index is 11.9. The summed E-state index contributed by atoms with van der Waals surface area (Å²) in [6.45, 7) is 0.350. The van der Waals surface area contributed by atoms with Crippen molar-refractivity contribution in [3.05, 3.63) is 88.4 Å². The molecule has 0 heterocycles. The Labute approximate surface area is 183 Å². The predicted octanol–water partition coefficient (Wildman–Crippen LogP) is 4.57.